The summed E-state index contributed by atoms with van der Waals surface area (Å²) < 4.78 is 10.8. The van der Waals surface area contributed by atoms with Crippen LogP contribution >= 0.6 is 0 Å². The molecule has 2 heterocycles. The summed E-state index contributed by atoms with van der Waals surface area (Å²) in [5.74, 6) is 0. The maximum absolute atomic E-state index is 8.81. The van der Waals surface area contributed by atoms with Crippen LogP contribution in [0, 0.1) is 0 Å². The van der Waals surface area contributed by atoms with Crippen molar-refractivity contribution in [1.29, 1.82) is 0 Å². The zero-order valence-corrected chi connectivity index (χ0v) is 24.0. The first-order valence-corrected chi connectivity index (χ1v) is 13.1. The van der Waals surface area contributed by atoms with Crippen LogP contribution in [0.2, 0.25) is 0 Å². The molecule has 0 aromatic rings. The molecule has 2 aliphatic heterocycles. The Hall–Kier alpha value is -1.24. The molecule has 2 aliphatic rings. The lowest BCUT2D eigenvalue weighted by Gasteiger charge is -2.02. The summed E-state index contributed by atoms with van der Waals surface area (Å²) >= 11 is 0. The zero-order valence-electron chi connectivity index (χ0n) is 24.0. The SMILES string of the molecule is C/C(=C\CO)CCC1OC1(C)C.CC(C)=CCC/C(C)=C/CO.CC(C)=CCCC1(C)OC1CO. The molecule has 35 heavy (non-hydrogen) atoms. The van der Waals surface area contributed by atoms with E-state index in [1.807, 2.05) is 19.1 Å². The van der Waals surface area contributed by atoms with Crippen molar-refractivity contribution in [2.75, 3.05) is 19.8 Å². The van der Waals surface area contributed by atoms with E-state index in [0.29, 0.717) is 6.10 Å². The molecular formula is C30H54O5. The van der Waals surface area contributed by atoms with Gasteiger partial charge in [-0.25, -0.2) is 0 Å². The Bertz CT molecular complexity index is 708. The molecule has 0 bridgehead atoms. The Labute approximate surface area is 215 Å². The van der Waals surface area contributed by atoms with Gasteiger partial charge in [0.15, 0.2) is 0 Å². The Kier molecular flexibility index (Phi) is 16.6. The minimum atomic E-state index is -0.0410. The minimum absolute atomic E-state index is 0.0410. The van der Waals surface area contributed by atoms with Crippen LogP contribution in [0.15, 0.2) is 46.6 Å². The molecule has 3 unspecified atom stereocenters. The molecule has 0 spiro atoms. The van der Waals surface area contributed by atoms with Gasteiger partial charge in [-0.1, -0.05) is 46.6 Å². The van der Waals surface area contributed by atoms with Crippen LogP contribution in [0.5, 0.6) is 0 Å². The lowest BCUT2D eigenvalue weighted by molar-refractivity contribution is 0.235. The molecule has 2 saturated heterocycles. The standard InChI is InChI=1S/2C10H18O2.C10H18O/c1-8(6-7-11)4-5-9-10(2,3)12-9;1-8(2)5-4-6-10(3)9(7-11)12-10;1-9(2)5-4-6-10(3)7-8-11/h6,9,11H,4-5,7H2,1-3H3;5,9,11H,4,6-7H2,1-3H3;5,7,11H,4,6,8H2,1-3H3/b8-6+;;10-7+. The molecule has 0 saturated carbocycles. The molecule has 0 aromatic carbocycles. The molecule has 3 N–H and O–H groups in total. The predicted octanol–water partition coefficient (Wildman–Crippen LogP) is 6.44. The van der Waals surface area contributed by atoms with Crippen LogP contribution in [-0.4, -0.2) is 58.6 Å². The minimum Gasteiger partial charge on any atom is -0.394 e. The number of rotatable bonds is 12. The van der Waals surface area contributed by atoms with E-state index in [2.05, 4.69) is 67.5 Å². The van der Waals surface area contributed by atoms with Gasteiger partial charge >= 0.3 is 0 Å². The van der Waals surface area contributed by atoms with Crippen LogP contribution in [0.3, 0.4) is 0 Å². The molecule has 3 atom stereocenters. The van der Waals surface area contributed by atoms with Gasteiger partial charge in [0.05, 0.1) is 37.1 Å². The van der Waals surface area contributed by atoms with Crippen LogP contribution in [-0.2, 0) is 9.47 Å². The molecule has 0 aliphatic carbocycles. The van der Waals surface area contributed by atoms with Gasteiger partial charge in [-0.15, -0.1) is 0 Å². The van der Waals surface area contributed by atoms with E-state index in [1.165, 1.54) is 22.3 Å². The van der Waals surface area contributed by atoms with Gasteiger partial charge in [0.1, 0.15) is 6.10 Å². The average molecular weight is 495 g/mol. The van der Waals surface area contributed by atoms with Crippen molar-refractivity contribution in [1.82, 2.24) is 0 Å². The molecular weight excluding hydrogens is 440 g/mol. The largest absolute Gasteiger partial charge is 0.394 e. The Morgan fingerprint density at radius 1 is 0.686 bits per heavy atom. The number of allylic oxidation sites excluding steroid dienone is 6. The van der Waals surface area contributed by atoms with Crippen molar-refractivity contribution in [3.05, 3.63) is 46.6 Å². The van der Waals surface area contributed by atoms with Crippen molar-refractivity contribution >= 4 is 0 Å². The number of hydrogen-bond donors (Lipinski definition) is 3. The first-order chi connectivity index (χ1) is 16.3. The Balaban J connectivity index is 0.000000496. The Morgan fingerprint density at radius 3 is 1.57 bits per heavy atom. The lowest BCUT2D eigenvalue weighted by atomic mass is 10.0. The zero-order chi connectivity index (χ0) is 27.1. The van der Waals surface area contributed by atoms with E-state index in [1.54, 1.807) is 0 Å². The maximum atomic E-state index is 8.81. The molecule has 204 valence electrons. The van der Waals surface area contributed by atoms with Crippen molar-refractivity contribution < 1.29 is 24.8 Å². The summed E-state index contributed by atoms with van der Waals surface area (Å²) in [5.41, 5.74) is 5.30. The Morgan fingerprint density at radius 2 is 1.17 bits per heavy atom. The molecule has 5 nitrogen and oxygen atoms in total. The molecule has 5 heteroatoms. The molecule has 0 aromatic heterocycles. The van der Waals surface area contributed by atoms with Gasteiger partial charge in [-0.3, -0.25) is 0 Å². The number of hydrogen-bond acceptors (Lipinski definition) is 5. The highest BCUT2D eigenvalue weighted by molar-refractivity contribution is 5.04. The van der Waals surface area contributed by atoms with Gasteiger partial charge < -0.3 is 24.8 Å². The first kappa shape index (κ1) is 33.8. The summed E-state index contributed by atoms with van der Waals surface area (Å²) in [6.45, 7) is 19.3. The third kappa shape index (κ3) is 17.0. The topological polar surface area (TPSA) is 85.8 Å². The van der Waals surface area contributed by atoms with E-state index in [0.717, 1.165) is 38.5 Å². The second kappa shape index (κ2) is 17.3. The number of ether oxygens (including phenoxy) is 2. The van der Waals surface area contributed by atoms with E-state index < -0.39 is 0 Å². The summed E-state index contributed by atoms with van der Waals surface area (Å²) in [7, 11) is 0. The smallest absolute Gasteiger partial charge is 0.110 e. The third-order valence-corrected chi connectivity index (χ3v) is 6.33. The van der Waals surface area contributed by atoms with Crippen LogP contribution in [0.1, 0.15) is 101 Å². The average Bonchev–Trinajstić information content (AvgIpc) is 3.60. The highest BCUT2D eigenvalue weighted by Crippen LogP contribution is 2.40. The predicted molar refractivity (Wildman–Crippen MR) is 148 cm³/mol. The first-order valence-electron chi connectivity index (χ1n) is 13.1. The monoisotopic (exact) mass is 494 g/mol. The van der Waals surface area contributed by atoms with Gasteiger partial charge in [0, 0.05) is 0 Å². The van der Waals surface area contributed by atoms with Gasteiger partial charge in [-0.05, 0) is 101 Å². The summed E-state index contributed by atoms with van der Waals surface area (Å²) in [6, 6.07) is 0. The second-order valence-electron chi connectivity index (χ2n) is 11.0. The normalized spacial score (nSPS) is 24.3. The van der Waals surface area contributed by atoms with Gasteiger partial charge in [0.25, 0.3) is 0 Å². The number of epoxide rings is 2. The second-order valence-corrected chi connectivity index (χ2v) is 11.0. The van der Waals surface area contributed by atoms with Crippen molar-refractivity contribution in [3.63, 3.8) is 0 Å². The number of aliphatic hydroxyl groups excluding tert-OH is 3. The van der Waals surface area contributed by atoms with Crippen molar-refractivity contribution in [2.24, 2.45) is 0 Å². The van der Waals surface area contributed by atoms with Gasteiger partial charge in [0.2, 0.25) is 0 Å². The van der Waals surface area contributed by atoms with Crippen molar-refractivity contribution in [3.8, 4) is 0 Å². The van der Waals surface area contributed by atoms with Gasteiger partial charge in [-0.2, -0.15) is 0 Å². The molecule has 0 radical (unpaired) electrons. The van der Waals surface area contributed by atoms with E-state index in [4.69, 9.17) is 24.8 Å². The highest BCUT2D eigenvalue weighted by Gasteiger charge is 2.50. The molecule has 2 rings (SSSR count). The quantitative estimate of drug-likeness (QED) is 0.215. The fraction of sp³-hybridized carbons (Fsp3) is 0.733. The van der Waals surface area contributed by atoms with Crippen LogP contribution in [0.25, 0.3) is 0 Å². The molecule has 2 fully saturated rings. The lowest BCUT2D eigenvalue weighted by Crippen LogP contribution is -2.11. The third-order valence-electron chi connectivity index (χ3n) is 6.33. The fourth-order valence-electron chi connectivity index (χ4n) is 3.59. The summed E-state index contributed by atoms with van der Waals surface area (Å²) in [4.78, 5) is 0. The van der Waals surface area contributed by atoms with Crippen LogP contribution in [0.4, 0.5) is 0 Å². The van der Waals surface area contributed by atoms with E-state index in [9.17, 15) is 0 Å². The van der Waals surface area contributed by atoms with Crippen molar-refractivity contribution in [2.45, 2.75) is 124 Å². The van der Waals surface area contributed by atoms with Crippen LogP contribution < -0.4 is 0 Å². The van der Waals surface area contributed by atoms with E-state index in [-0.39, 0.29) is 37.1 Å². The highest BCUT2D eigenvalue weighted by atomic mass is 16.6. The molecule has 0 amide bonds. The maximum Gasteiger partial charge on any atom is 0.110 e. The van der Waals surface area contributed by atoms with E-state index >= 15 is 0 Å². The fourth-order valence-corrected chi connectivity index (χ4v) is 3.59. The number of aliphatic hydroxyl groups is 3. The summed E-state index contributed by atoms with van der Waals surface area (Å²) in [6.07, 6.45) is 15.0. The summed E-state index contributed by atoms with van der Waals surface area (Å²) in [5, 5.41) is 26.0.